The lowest BCUT2D eigenvalue weighted by molar-refractivity contribution is -0.125. The van der Waals surface area contributed by atoms with E-state index in [1.54, 1.807) is 11.3 Å². The van der Waals surface area contributed by atoms with Gasteiger partial charge in [-0.3, -0.25) is 9.59 Å². The molecular formula is C25H32N2O2S. The van der Waals surface area contributed by atoms with E-state index in [4.69, 9.17) is 0 Å². The third-order valence-electron chi connectivity index (χ3n) is 6.32. The average Bonchev–Trinajstić information content (AvgIpc) is 3.14. The Bertz CT molecular complexity index is 869. The van der Waals surface area contributed by atoms with E-state index in [0.29, 0.717) is 18.0 Å². The van der Waals surface area contributed by atoms with Crippen molar-refractivity contribution in [3.8, 4) is 0 Å². The van der Waals surface area contributed by atoms with Crippen molar-refractivity contribution >= 4 is 23.2 Å². The Morgan fingerprint density at radius 2 is 1.83 bits per heavy atom. The largest absolute Gasteiger partial charge is 0.353 e. The van der Waals surface area contributed by atoms with E-state index in [1.807, 2.05) is 40.6 Å². The molecule has 4 rings (SSSR count). The van der Waals surface area contributed by atoms with Gasteiger partial charge in [0.05, 0.1) is 12.0 Å². The highest BCUT2D eigenvalue weighted by Crippen LogP contribution is 2.44. The normalized spacial score (nSPS) is 22.6. The molecule has 1 fully saturated rings. The van der Waals surface area contributed by atoms with Gasteiger partial charge in [0, 0.05) is 23.0 Å². The first-order valence-corrected chi connectivity index (χ1v) is 12.2. The number of hydrogen-bond donors (Lipinski definition) is 1. The van der Waals surface area contributed by atoms with Gasteiger partial charge >= 0.3 is 0 Å². The molecule has 1 aromatic heterocycles. The lowest BCUT2D eigenvalue weighted by Crippen LogP contribution is -2.49. The monoisotopic (exact) mass is 424 g/mol. The second kappa shape index (κ2) is 9.34. The van der Waals surface area contributed by atoms with E-state index in [2.05, 4.69) is 25.2 Å². The van der Waals surface area contributed by atoms with E-state index >= 15 is 0 Å². The van der Waals surface area contributed by atoms with Crippen molar-refractivity contribution in [3.05, 3.63) is 57.8 Å². The van der Waals surface area contributed by atoms with Crippen LogP contribution in [0.4, 0.5) is 0 Å². The molecule has 0 unspecified atom stereocenters. The highest BCUT2D eigenvalue weighted by Gasteiger charge is 2.44. The molecule has 160 valence electrons. The van der Waals surface area contributed by atoms with Gasteiger partial charge in [-0.2, -0.15) is 0 Å². The summed E-state index contributed by atoms with van der Waals surface area (Å²) in [4.78, 5) is 30.2. The highest BCUT2D eigenvalue weighted by atomic mass is 32.1. The molecule has 30 heavy (non-hydrogen) atoms. The van der Waals surface area contributed by atoms with Gasteiger partial charge in [0.15, 0.2) is 0 Å². The number of thiophene rings is 1. The molecule has 0 saturated heterocycles. The zero-order valence-corrected chi connectivity index (χ0v) is 18.8. The van der Waals surface area contributed by atoms with Gasteiger partial charge in [0.1, 0.15) is 0 Å². The minimum Gasteiger partial charge on any atom is -0.353 e. The van der Waals surface area contributed by atoms with Crippen molar-refractivity contribution < 1.29 is 9.59 Å². The van der Waals surface area contributed by atoms with Crippen LogP contribution in [0.25, 0.3) is 0 Å². The summed E-state index contributed by atoms with van der Waals surface area (Å²) in [5, 5.41) is 5.41. The lowest BCUT2D eigenvalue weighted by atomic mass is 9.81. The number of carbonyl (C=O) groups excluding carboxylic acids is 2. The van der Waals surface area contributed by atoms with Crippen LogP contribution in [0.3, 0.4) is 0 Å². The van der Waals surface area contributed by atoms with Gasteiger partial charge in [0.25, 0.3) is 5.91 Å². The minimum atomic E-state index is -0.375. The molecule has 0 spiro atoms. The Hall–Kier alpha value is -2.14. The van der Waals surface area contributed by atoms with E-state index in [-0.39, 0.29) is 29.8 Å². The van der Waals surface area contributed by atoms with Crippen molar-refractivity contribution in [3.63, 3.8) is 0 Å². The topological polar surface area (TPSA) is 49.4 Å². The molecular weight excluding hydrogens is 392 g/mol. The Labute approximate surface area is 183 Å². The first kappa shape index (κ1) is 21.1. The van der Waals surface area contributed by atoms with Crippen molar-refractivity contribution in [1.82, 2.24) is 10.2 Å². The number of carbonyl (C=O) groups is 2. The second-order valence-electron chi connectivity index (χ2n) is 9.07. The van der Waals surface area contributed by atoms with Gasteiger partial charge < -0.3 is 10.2 Å². The summed E-state index contributed by atoms with van der Waals surface area (Å²) in [5.74, 6) is 0.0528. The molecule has 2 atom stereocenters. The summed E-state index contributed by atoms with van der Waals surface area (Å²) in [6, 6.07) is 11.8. The Balaban J connectivity index is 1.74. The summed E-state index contributed by atoms with van der Waals surface area (Å²) in [6.45, 7) is 4.89. The Morgan fingerprint density at radius 1 is 1.10 bits per heavy atom. The molecule has 1 aliphatic carbocycles. The predicted octanol–water partition coefficient (Wildman–Crippen LogP) is 5.52. The van der Waals surface area contributed by atoms with Crippen molar-refractivity contribution in [2.75, 3.05) is 6.54 Å². The fourth-order valence-corrected chi connectivity index (χ4v) is 5.83. The Kier molecular flexibility index (Phi) is 6.57. The Morgan fingerprint density at radius 3 is 2.50 bits per heavy atom. The van der Waals surface area contributed by atoms with Crippen LogP contribution in [0, 0.1) is 5.92 Å². The first-order chi connectivity index (χ1) is 14.6. The molecule has 1 saturated carbocycles. The molecule has 2 amide bonds. The molecule has 1 aliphatic heterocycles. The smallest absolute Gasteiger partial charge is 0.254 e. The zero-order valence-electron chi connectivity index (χ0n) is 18.0. The molecule has 0 radical (unpaired) electrons. The van der Waals surface area contributed by atoms with Crippen LogP contribution in [0.5, 0.6) is 0 Å². The first-order valence-electron chi connectivity index (χ1n) is 11.3. The fraction of sp³-hybridized carbons (Fsp3) is 0.520. The third kappa shape index (κ3) is 4.31. The fourth-order valence-electron chi connectivity index (χ4n) is 4.96. The van der Waals surface area contributed by atoms with Crippen molar-refractivity contribution in [1.29, 1.82) is 0 Å². The number of fused-ring (bicyclic) bond motifs is 1. The quantitative estimate of drug-likeness (QED) is 0.642. The number of hydrogen-bond acceptors (Lipinski definition) is 3. The number of amides is 2. The third-order valence-corrected chi connectivity index (χ3v) is 7.26. The molecule has 5 heteroatoms. The van der Waals surface area contributed by atoms with Gasteiger partial charge in [-0.15, -0.1) is 11.3 Å². The van der Waals surface area contributed by atoms with Crippen LogP contribution < -0.4 is 5.32 Å². The van der Waals surface area contributed by atoms with Crippen LogP contribution in [0.1, 0.15) is 85.1 Å². The minimum absolute atomic E-state index is 0.0382. The summed E-state index contributed by atoms with van der Waals surface area (Å²) < 4.78 is 0. The molecule has 2 aromatic rings. The van der Waals surface area contributed by atoms with Gasteiger partial charge in [-0.05, 0) is 41.8 Å². The van der Waals surface area contributed by atoms with E-state index in [1.165, 1.54) is 25.7 Å². The van der Waals surface area contributed by atoms with E-state index < -0.39 is 0 Å². The SMILES string of the molecule is CC(C)CN1C(=O)c2ccccc2[C@H](C(=O)NC2CCCCCC2)[C@H]1c1cccs1. The summed E-state index contributed by atoms with van der Waals surface area (Å²) in [6.07, 6.45) is 6.98. The summed E-state index contributed by atoms with van der Waals surface area (Å²) >= 11 is 1.63. The molecule has 2 aliphatic rings. The lowest BCUT2D eigenvalue weighted by Gasteiger charge is -2.42. The molecule has 4 nitrogen and oxygen atoms in total. The number of rotatable bonds is 5. The molecule has 2 heterocycles. The van der Waals surface area contributed by atoms with E-state index in [0.717, 1.165) is 23.3 Å². The van der Waals surface area contributed by atoms with Crippen molar-refractivity contribution in [2.45, 2.75) is 70.4 Å². The second-order valence-corrected chi connectivity index (χ2v) is 10.1. The van der Waals surface area contributed by atoms with Crippen LogP contribution in [0.2, 0.25) is 0 Å². The maximum absolute atomic E-state index is 13.7. The molecule has 1 N–H and O–H groups in total. The standard InChI is InChI=1S/C25H32N2O2S/c1-17(2)16-27-23(21-14-9-15-30-21)22(19-12-7-8-13-20(19)25(27)29)24(28)26-18-10-5-3-4-6-11-18/h7-9,12-15,17-18,22-23H,3-6,10-11,16H2,1-2H3,(H,26,28)/t22-,23+/m0/s1. The summed E-state index contributed by atoms with van der Waals surface area (Å²) in [7, 11) is 0. The van der Waals surface area contributed by atoms with Gasteiger partial charge in [-0.25, -0.2) is 0 Å². The number of benzene rings is 1. The van der Waals surface area contributed by atoms with E-state index in [9.17, 15) is 9.59 Å². The van der Waals surface area contributed by atoms with Crippen LogP contribution in [-0.4, -0.2) is 29.3 Å². The van der Waals surface area contributed by atoms with Crippen LogP contribution >= 0.6 is 11.3 Å². The van der Waals surface area contributed by atoms with Gasteiger partial charge in [-0.1, -0.05) is 63.8 Å². The number of nitrogens with zero attached hydrogens (tertiary/aromatic N) is 1. The maximum Gasteiger partial charge on any atom is 0.254 e. The predicted molar refractivity (Wildman–Crippen MR) is 122 cm³/mol. The molecule has 1 aromatic carbocycles. The summed E-state index contributed by atoms with van der Waals surface area (Å²) in [5.41, 5.74) is 1.54. The molecule has 0 bridgehead atoms. The van der Waals surface area contributed by atoms with Gasteiger partial charge in [0.2, 0.25) is 5.91 Å². The maximum atomic E-state index is 13.7. The average molecular weight is 425 g/mol. The zero-order chi connectivity index (χ0) is 21.1. The van der Waals surface area contributed by atoms with Crippen LogP contribution in [-0.2, 0) is 4.79 Å². The van der Waals surface area contributed by atoms with Crippen LogP contribution in [0.15, 0.2) is 41.8 Å². The highest BCUT2D eigenvalue weighted by molar-refractivity contribution is 7.10. The van der Waals surface area contributed by atoms with Crippen molar-refractivity contribution in [2.24, 2.45) is 5.92 Å². The number of nitrogens with one attached hydrogen (secondary N) is 1.